The highest BCUT2D eigenvalue weighted by Crippen LogP contribution is 2.43. The molecule has 0 spiro atoms. The number of amides is 2. The van der Waals surface area contributed by atoms with Crippen LogP contribution in [0.4, 0.5) is 10.5 Å². The highest BCUT2D eigenvalue weighted by molar-refractivity contribution is 5.89. The predicted octanol–water partition coefficient (Wildman–Crippen LogP) is 2.35. The molecule has 2 saturated heterocycles. The van der Waals surface area contributed by atoms with Crippen molar-refractivity contribution in [3.63, 3.8) is 0 Å². The summed E-state index contributed by atoms with van der Waals surface area (Å²) in [7, 11) is 0. The highest BCUT2D eigenvalue weighted by Gasteiger charge is 2.51. The molecule has 0 saturated carbocycles. The molecule has 5 rings (SSSR count). The summed E-state index contributed by atoms with van der Waals surface area (Å²) < 4.78 is 7.74. The van der Waals surface area contributed by atoms with Crippen LogP contribution >= 0.6 is 0 Å². The number of rotatable bonds is 3. The average Bonchev–Trinajstić information content (AvgIpc) is 3.39. The Balaban J connectivity index is 1.20. The van der Waals surface area contributed by atoms with Gasteiger partial charge in [0.15, 0.2) is 0 Å². The van der Waals surface area contributed by atoms with Gasteiger partial charge in [0, 0.05) is 43.0 Å². The zero-order chi connectivity index (χ0) is 16.8. The number of carbonyl (C=O) groups excluding carboxylic acids is 1. The van der Waals surface area contributed by atoms with Crippen molar-refractivity contribution in [3.05, 3.63) is 60.4 Å². The lowest BCUT2D eigenvalue weighted by molar-refractivity contribution is 0.0892. The zero-order valence-electron chi connectivity index (χ0n) is 13.8. The van der Waals surface area contributed by atoms with Crippen molar-refractivity contribution in [1.82, 2.24) is 14.7 Å². The number of anilines is 1. The van der Waals surface area contributed by atoms with Gasteiger partial charge >= 0.3 is 6.03 Å². The Labute approximate surface area is 146 Å². The number of urea groups is 1. The van der Waals surface area contributed by atoms with Crippen molar-refractivity contribution < 1.29 is 9.53 Å². The van der Waals surface area contributed by atoms with Crippen LogP contribution in [0, 0.1) is 11.8 Å². The third-order valence-electron chi connectivity index (χ3n) is 5.46. The Morgan fingerprint density at radius 2 is 1.88 bits per heavy atom. The van der Waals surface area contributed by atoms with Gasteiger partial charge in [-0.25, -0.2) is 4.79 Å². The van der Waals surface area contributed by atoms with Crippen LogP contribution in [-0.4, -0.2) is 46.0 Å². The number of likely N-dealkylation sites (tertiary alicyclic amines) is 1. The van der Waals surface area contributed by atoms with E-state index >= 15 is 0 Å². The number of benzene rings is 1. The monoisotopic (exact) mass is 336 g/mol. The largest absolute Gasteiger partial charge is 0.366 e. The first-order valence-electron chi connectivity index (χ1n) is 8.72. The second-order valence-corrected chi connectivity index (χ2v) is 7.01. The normalized spacial score (nSPS) is 29.2. The second kappa shape index (κ2) is 5.74. The van der Waals surface area contributed by atoms with Crippen LogP contribution in [-0.2, 0) is 11.3 Å². The van der Waals surface area contributed by atoms with E-state index in [2.05, 4.69) is 22.6 Å². The third-order valence-corrected chi connectivity index (χ3v) is 5.46. The molecule has 3 aliphatic heterocycles. The maximum absolute atomic E-state index is 12.6. The average molecular weight is 336 g/mol. The van der Waals surface area contributed by atoms with E-state index in [1.54, 1.807) is 6.20 Å². The van der Waals surface area contributed by atoms with E-state index in [0.29, 0.717) is 11.8 Å². The van der Waals surface area contributed by atoms with E-state index in [1.165, 1.54) is 0 Å². The van der Waals surface area contributed by atoms with Crippen LogP contribution in [0.3, 0.4) is 0 Å². The first-order valence-corrected chi connectivity index (χ1v) is 8.72. The Morgan fingerprint density at radius 1 is 1.16 bits per heavy atom. The topological polar surface area (TPSA) is 59.4 Å². The van der Waals surface area contributed by atoms with E-state index in [0.717, 1.165) is 30.9 Å². The Bertz CT molecular complexity index is 779. The molecule has 1 N–H and O–H groups in total. The van der Waals surface area contributed by atoms with Crippen LogP contribution in [0.2, 0.25) is 0 Å². The molecule has 2 fully saturated rings. The minimum Gasteiger partial charge on any atom is -0.366 e. The number of aromatic nitrogens is 2. The Morgan fingerprint density at radius 3 is 2.52 bits per heavy atom. The number of fused-ring (bicyclic) bond motifs is 5. The molecule has 6 nitrogen and oxygen atoms in total. The van der Waals surface area contributed by atoms with Crippen molar-refractivity contribution in [2.45, 2.75) is 18.8 Å². The molecule has 128 valence electrons. The van der Waals surface area contributed by atoms with E-state index in [9.17, 15) is 4.79 Å². The lowest BCUT2D eigenvalue weighted by Crippen LogP contribution is -2.35. The van der Waals surface area contributed by atoms with Crippen LogP contribution in [0.5, 0.6) is 0 Å². The summed E-state index contributed by atoms with van der Waals surface area (Å²) >= 11 is 0. The van der Waals surface area contributed by atoms with E-state index in [1.807, 2.05) is 46.1 Å². The standard InChI is InChI=1S/C19H20N4O2/c24-19(22-11-15-16(12-22)18-7-6-17(15)25-18)21-14-4-2-13(3-5-14)10-23-9-1-8-20-23/h1-9,15-18H,10-12H2,(H,21,24)/t15-,16-,17-,18-/m1/s1. The summed E-state index contributed by atoms with van der Waals surface area (Å²) in [5.41, 5.74) is 1.97. The van der Waals surface area contributed by atoms with Crippen molar-refractivity contribution in [2.24, 2.45) is 11.8 Å². The molecule has 1 aromatic carbocycles. The smallest absolute Gasteiger partial charge is 0.321 e. The summed E-state index contributed by atoms with van der Waals surface area (Å²) in [6, 6.07) is 9.83. The van der Waals surface area contributed by atoms with E-state index in [-0.39, 0.29) is 18.2 Å². The molecule has 2 bridgehead atoms. The lowest BCUT2D eigenvalue weighted by atomic mass is 9.86. The summed E-state index contributed by atoms with van der Waals surface area (Å²) in [6.45, 7) is 2.28. The molecule has 25 heavy (non-hydrogen) atoms. The van der Waals surface area contributed by atoms with Gasteiger partial charge in [-0.2, -0.15) is 5.10 Å². The van der Waals surface area contributed by atoms with Crippen LogP contribution in [0.1, 0.15) is 5.56 Å². The molecule has 2 amide bonds. The number of ether oxygens (including phenoxy) is 1. The molecule has 6 heteroatoms. The number of hydrogen-bond acceptors (Lipinski definition) is 3. The van der Waals surface area contributed by atoms with Gasteiger partial charge in [0.2, 0.25) is 0 Å². The molecule has 0 aliphatic carbocycles. The first kappa shape index (κ1) is 14.7. The van der Waals surface area contributed by atoms with E-state index in [4.69, 9.17) is 4.74 Å². The minimum atomic E-state index is -0.0198. The van der Waals surface area contributed by atoms with Crippen molar-refractivity contribution in [1.29, 1.82) is 0 Å². The maximum atomic E-state index is 12.6. The van der Waals surface area contributed by atoms with Gasteiger partial charge in [-0.05, 0) is 23.8 Å². The second-order valence-electron chi connectivity index (χ2n) is 7.01. The quantitative estimate of drug-likeness (QED) is 0.876. The fourth-order valence-corrected chi connectivity index (χ4v) is 4.17. The Kier molecular flexibility index (Phi) is 3.38. The van der Waals surface area contributed by atoms with Crippen molar-refractivity contribution in [3.8, 4) is 0 Å². The van der Waals surface area contributed by atoms with Gasteiger partial charge in [-0.15, -0.1) is 0 Å². The fourth-order valence-electron chi connectivity index (χ4n) is 4.17. The summed E-state index contributed by atoms with van der Waals surface area (Å²) in [4.78, 5) is 14.5. The van der Waals surface area contributed by atoms with Gasteiger partial charge in [0.05, 0.1) is 18.8 Å². The Hall–Kier alpha value is -2.60. The number of carbonyl (C=O) groups is 1. The molecule has 4 atom stereocenters. The van der Waals surface area contributed by atoms with Crippen molar-refractivity contribution in [2.75, 3.05) is 18.4 Å². The zero-order valence-corrected chi connectivity index (χ0v) is 13.8. The maximum Gasteiger partial charge on any atom is 0.321 e. The molecular weight excluding hydrogens is 316 g/mol. The minimum absolute atomic E-state index is 0.0198. The van der Waals surface area contributed by atoms with Gasteiger partial charge < -0.3 is 15.0 Å². The molecule has 0 unspecified atom stereocenters. The molecular formula is C19H20N4O2. The molecule has 1 aromatic heterocycles. The number of nitrogens with zero attached hydrogens (tertiary/aromatic N) is 3. The van der Waals surface area contributed by atoms with Gasteiger partial charge in [0.25, 0.3) is 0 Å². The SMILES string of the molecule is O=C(Nc1ccc(Cn2cccn2)cc1)N1C[C@@H]2[C@@H](C1)[C@H]1C=C[C@H]2O1. The first-order chi connectivity index (χ1) is 12.3. The van der Waals surface area contributed by atoms with Crippen LogP contribution in [0.15, 0.2) is 54.9 Å². The van der Waals surface area contributed by atoms with Crippen LogP contribution < -0.4 is 5.32 Å². The van der Waals surface area contributed by atoms with Crippen molar-refractivity contribution >= 4 is 11.7 Å². The fraction of sp³-hybridized carbons (Fsp3) is 0.368. The van der Waals surface area contributed by atoms with E-state index < -0.39 is 0 Å². The van der Waals surface area contributed by atoms with Crippen LogP contribution in [0.25, 0.3) is 0 Å². The summed E-state index contributed by atoms with van der Waals surface area (Å²) in [5, 5.41) is 7.22. The predicted molar refractivity (Wildman–Crippen MR) is 93.1 cm³/mol. The summed E-state index contributed by atoms with van der Waals surface area (Å²) in [5.74, 6) is 0.911. The highest BCUT2D eigenvalue weighted by atomic mass is 16.5. The third kappa shape index (κ3) is 2.62. The summed E-state index contributed by atoms with van der Waals surface area (Å²) in [6.07, 6.45) is 8.40. The molecule has 2 aromatic rings. The van der Waals surface area contributed by atoms with Gasteiger partial charge in [-0.1, -0.05) is 24.3 Å². The molecule has 3 aliphatic rings. The van der Waals surface area contributed by atoms with Gasteiger partial charge in [-0.3, -0.25) is 4.68 Å². The molecule has 4 heterocycles. The number of nitrogens with one attached hydrogen (secondary N) is 1. The molecule has 0 radical (unpaired) electrons. The van der Waals surface area contributed by atoms with Gasteiger partial charge in [0.1, 0.15) is 0 Å². The lowest BCUT2D eigenvalue weighted by Gasteiger charge is -2.19. The number of hydrogen-bond donors (Lipinski definition) is 1.